The second-order valence-corrected chi connectivity index (χ2v) is 7.85. The van der Waals surface area contributed by atoms with Crippen LogP contribution in [0.5, 0.6) is 11.5 Å². The topological polar surface area (TPSA) is 76.0 Å². The molecule has 4 aromatic rings. The molecule has 0 bridgehead atoms. The summed E-state index contributed by atoms with van der Waals surface area (Å²) in [6, 6.07) is 26.1. The number of methoxy groups -OCH3 is 2. The fourth-order valence-corrected chi connectivity index (χ4v) is 3.96. The summed E-state index contributed by atoms with van der Waals surface area (Å²) in [4.78, 5) is 13.0. The number of ketones is 1. The maximum atomic E-state index is 13.0. The predicted molar refractivity (Wildman–Crippen MR) is 132 cm³/mol. The van der Waals surface area contributed by atoms with Crippen LogP contribution in [-0.4, -0.2) is 30.2 Å². The number of carbonyl (C=O) groups excluding carboxylic acids is 1. The first-order valence-corrected chi connectivity index (χ1v) is 10.9. The summed E-state index contributed by atoms with van der Waals surface area (Å²) in [6.07, 6.45) is 0. The lowest BCUT2D eigenvalue weighted by Gasteiger charge is -2.10. The highest BCUT2D eigenvalue weighted by Crippen LogP contribution is 2.29. The maximum Gasteiger partial charge on any atom is 0.193 e. The summed E-state index contributed by atoms with van der Waals surface area (Å²) in [6.45, 7) is -0.219. The Bertz CT molecular complexity index is 1190. The van der Waals surface area contributed by atoms with E-state index in [0.29, 0.717) is 33.8 Å². The van der Waals surface area contributed by atoms with Crippen LogP contribution >= 0.6 is 0 Å². The van der Waals surface area contributed by atoms with Crippen LogP contribution in [0.4, 0.5) is 0 Å². The Morgan fingerprint density at radius 1 is 0.588 bits per heavy atom. The van der Waals surface area contributed by atoms with Crippen LogP contribution < -0.4 is 9.47 Å². The van der Waals surface area contributed by atoms with Crippen LogP contribution in [0, 0.1) is 0 Å². The molecule has 0 unspecified atom stereocenters. The van der Waals surface area contributed by atoms with E-state index in [1.807, 2.05) is 84.9 Å². The third kappa shape index (κ3) is 4.71. The van der Waals surface area contributed by atoms with Crippen molar-refractivity contribution in [2.24, 2.45) is 0 Å². The minimum Gasteiger partial charge on any atom is -0.496 e. The zero-order valence-electron chi connectivity index (χ0n) is 19.1. The second-order valence-electron chi connectivity index (χ2n) is 7.85. The lowest BCUT2D eigenvalue weighted by atomic mass is 9.96. The third-order valence-corrected chi connectivity index (χ3v) is 5.86. The highest BCUT2D eigenvalue weighted by atomic mass is 16.5. The molecule has 0 fully saturated rings. The fourth-order valence-electron chi connectivity index (χ4n) is 3.96. The first-order valence-electron chi connectivity index (χ1n) is 10.9. The van der Waals surface area contributed by atoms with Gasteiger partial charge in [-0.05, 0) is 46.5 Å². The molecule has 34 heavy (non-hydrogen) atoms. The molecule has 5 heteroatoms. The van der Waals surface area contributed by atoms with Gasteiger partial charge in [-0.15, -0.1) is 0 Å². The van der Waals surface area contributed by atoms with Gasteiger partial charge in [-0.3, -0.25) is 4.79 Å². The van der Waals surface area contributed by atoms with Gasteiger partial charge in [0.2, 0.25) is 0 Å². The first-order chi connectivity index (χ1) is 16.6. The van der Waals surface area contributed by atoms with E-state index in [1.54, 1.807) is 14.2 Å². The molecule has 4 rings (SSSR count). The molecular weight excluding hydrogens is 428 g/mol. The van der Waals surface area contributed by atoms with Crippen molar-refractivity contribution in [3.05, 3.63) is 107 Å². The van der Waals surface area contributed by atoms with E-state index in [2.05, 4.69) is 0 Å². The Labute approximate surface area is 198 Å². The van der Waals surface area contributed by atoms with E-state index in [9.17, 15) is 15.0 Å². The summed E-state index contributed by atoms with van der Waals surface area (Å²) in [5.74, 6) is 1.22. The Kier molecular flexibility index (Phi) is 7.07. The normalized spacial score (nSPS) is 10.7. The largest absolute Gasteiger partial charge is 0.496 e. The maximum absolute atomic E-state index is 13.0. The standard InChI is InChI=1S/C29H26O5/c1-33-27-13-11-23(15-25(27)17-30)19-3-7-21(8-4-19)29(32)22-9-5-20(6-10-22)24-12-14-28(34-2)26(16-24)18-31/h3-16,30-31H,17-18H2,1-2H3. The summed E-state index contributed by atoms with van der Waals surface area (Å²) >= 11 is 0. The van der Waals surface area contributed by atoms with Gasteiger partial charge in [-0.1, -0.05) is 60.7 Å². The van der Waals surface area contributed by atoms with Crippen LogP contribution in [0.25, 0.3) is 22.3 Å². The predicted octanol–water partition coefficient (Wildman–Crippen LogP) is 5.25. The van der Waals surface area contributed by atoms with Crippen molar-refractivity contribution in [3.8, 4) is 33.8 Å². The van der Waals surface area contributed by atoms with Gasteiger partial charge in [-0.2, -0.15) is 0 Å². The molecule has 0 amide bonds. The Morgan fingerprint density at radius 3 is 1.26 bits per heavy atom. The number of benzene rings is 4. The minimum atomic E-state index is -0.110. The zero-order valence-corrected chi connectivity index (χ0v) is 19.1. The summed E-state index contributed by atoms with van der Waals surface area (Å²) in [5.41, 5.74) is 6.39. The van der Waals surface area contributed by atoms with Gasteiger partial charge < -0.3 is 19.7 Å². The highest BCUT2D eigenvalue weighted by molar-refractivity contribution is 6.09. The molecule has 0 atom stereocenters. The molecule has 0 aliphatic heterocycles. The number of aliphatic hydroxyl groups excluding tert-OH is 2. The molecule has 4 aromatic carbocycles. The fraction of sp³-hybridized carbons (Fsp3) is 0.138. The van der Waals surface area contributed by atoms with Crippen LogP contribution in [-0.2, 0) is 13.2 Å². The van der Waals surface area contributed by atoms with Gasteiger partial charge in [-0.25, -0.2) is 0 Å². The average molecular weight is 455 g/mol. The van der Waals surface area contributed by atoms with Crippen molar-refractivity contribution in [2.45, 2.75) is 13.2 Å². The van der Waals surface area contributed by atoms with E-state index in [4.69, 9.17) is 9.47 Å². The summed E-state index contributed by atoms with van der Waals surface area (Å²) < 4.78 is 10.5. The van der Waals surface area contributed by atoms with Crippen molar-refractivity contribution in [1.82, 2.24) is 0 Å². The van der Waals surface area contributed by atoms with E-state index in [-0.39, 0.29) is 19.0 Å². The van der Waals surface area contributed by atoms with Crippen LogP contribution in [0.1, 0.15) is 27.0 Å². The molecule has 0 saturated heterocycles. The average Bonchev–Trinajstić information content (AvgIpc) is 2.92. The van der Waals surface area contributed by atoms with Gasteiger partial charge in [0.1, 0.15) is 11.5 Å². The van der Waals surface area contributed by atoms with Gasteiger partial charge in [0, 0.05) is 22.3 Å². The summed E-state index contributed by atoms with van der Waals surface area (Å²) in [7, 11) is 3.15. The molecule has 2 N–H and O–H groups in total. The number of carbonyl (C=O) groups is 1. The molecule has 5 nitrogen and oxygen atoms in total. The minimum absolute atomic E-state index is 0.0605. The molecule has 0 spiro atoms. The first kappa shape index (κ1) is 23.2. The lowest BCUT2D eigenvalue weighted by molar-refractivity contribution is 0.103. The molecule has 172 valence electrons. The zero-order chi connectivity index (χ0) is 24.1. The molecule has 0 radical (unpaired) electrons. The van der Waals surface area contributed by atoms with Crippen molar-refractivity contribution in [2.75, 3.05) is 14.2 Å². The highest BCUT2D eigenvalue weighted by Gasteiger charge is 2.12. The van der Waals surface area contributed by atoms with E-state index in [0.717, 1.165) is 22.3 Å². The molecule has 0 aliphatic rings. The monoisotopic (exact) mass is 454 g/mol. The van der Waals surface area contributed by atoms with Crippen molar-refractivity contribution in [3.63, 3.8) is 0 Å². The van der Waals surface area contributed by atoms with E-state index in [1.165, 1.54) is 0 Å². The lowest BCUT2D eigenvalue weighted by Crippen LogP contribution is -2.01. The number of ether oxygens (including phenoxy) is 2. The summed E-state index contributed by atoms with van der Waals surface area (Å²) in [5, 5.41) is 19.1. The Hall–Kier alpha value is -3.93. The quantitative estimate of drug-likeness (QED) is 0.356. The van der Waals surface area contributed by atoms with Crippen LogP contribution in [0.3, 0.4) is 0 Å². The van der Waals surface area contributed by atoms with Gasteiger partial charge in [0.05, 0.1) is 27.4 Å². The molecule has 0 heterocycles. The van der Waals surface area contributed by atoms with E-state index >= 15 is 0 Å². The number of hydrogen-bond acceptors (Lipinski definition) is 5. The van der Waals surface area contributed by atoms with Gasteiger partial charge in [0.15, 0.2) is 5.78 Å². The Morgan fingerprint density at radius 2 is 0.941 bits per heavy atom. The number of aliphatic hydroxyl groups is 2. The van der Waals surface area contributed by atoms with E-state index < -0.39 is 0 Å². The second kappa shape index (κ2) is 10.3. The number of hydrogen-bond donors (Lipinski definition) is 2. The van der Waals surface area contributed by atoms with Gasteiger partial charge >= 0.3 is 0 Å². The third-order valence-electron chi connectivity index (χ3n) is 5.86. The Balaban J connectivity index is 1.53. The van der Waals surface area contributed by atoms with Crippen LogP contribution in [0.15, 0.2) is 84.9 Å². The molecule has 0 saturated carbocycles. The van der Waals surface area contributed by atoms with Crippen molar-refractivity contribution >= 4 is 5.78 Å². The van der Waals surface area contributed by atoms with Gasteiger partial charge in [0.25, 0.3) is 0 Å². The molecular formula is C29H26O5. The smallest absolute Gasteiger partial charge is 0.193 e. The SMILES string of the molecule is COc1ccc(-c2ccc(C(=O)c3ccc(-c4ccc(OC)c(CO)c4)cc3)cc2)cc1CO. The number of rotatable bonds is 8. The molecule has 0 aliphatic carbocycles. The molecule has 0 aromatic heterocycles. The van der Waals surface area contributed by atoms with Crippen LogP contribution in [0.2, 0.25) is 0 Å². The van der Waals surface area contributed by atoms with Crippen molar-refractivity contribution < 1.29 is 24.5 Å². The van der Waals surface area contributed by atoms with Crippen molar-refractivity contribution in [1.29, 1.82) is 0 Å².